The minimum Gasteiger partial charge on any atom is -0.494 e. The van der Waals surface area contributed by atoms with Crippen molar-refractivity contribution in [3.8, 4) is 11.4 Å². The maximum Gasteiger partial charge on any atom is 0.273 e. The van der Waals surface area contributed by atoms with Gasteiger partial charge in [0.15, 0.2) is 0 Å². The summed E-state index contributed by atoms with van der Waals surface area (Å²) in [7, 11) is 1.35. The second kappa shape index (κ2) is 8.07. The molecule has 1 aromatic heterocycles. The Balaban J connectivity index is 1.40. The first kappa shape index (κ1) is 23.9. The van der Waals surface area contributed by atoms with Gasteiger partial charge in [-0.15, -0.1) is 0 Å². The van der Waals surface area contributed by atoms with Gasteiger partial charge in [-0.3, -0.25) is 34.0 Å². The molecule has 5 heterocycles. The zero-order chi connectivity index (χ0) is 28.2. The van der Waals surface area contributed by atoms with Gasteiger partial charge in [0, 0.05) is 17.7 Å². The number of rotatable bonds is 3. The molecule has 4 aliphatic heterocycles. The summed E-state index contributed by atoms with van der Waals surface area (Å²) in [6, 6.07) is 18.3. The Morgan fingerprint density at radius 2 is 1.78 bits per heavy atom. The summed E-state index contributed by atoms with van der Waals surface area (Å²) < 4.78 is 7.04. The van der Waals surface area contributed by atoms with E-state index < -0.39 is 28.2 Å². The molecule has 8 rings (SSSR count). The molecule has 0 bridgehead atoms. The highest BCUT2D eigenvalue weighted by atomic mass is 16.6. The van der Waals surface area contributed by atoms with Gasteiger partial charge < -0.3 is 4.74 Å². The highest BCUT2D eigenvalue weighted by Gasteiger charge is 2.74. The Kier molecular flexibility index (Phi) is 4.71. The number of ether oxygens (including phenoxy) is 1. The number of aromatic nitrogens is 2. The Bertz CT molecular complexity index is 1920. The largest absolute Gasteiger partial charge is 0.494 e. The number of nitro benzene ring substituents is 1. The summed E-state index contributed by atoms with van der Waals surface area (Å²) in [6.45, 7) is 0.649. The van der Waals surface area contributed by atoms with Crippen molar-refractivity contribution in [2.24, 2.45) is 11.8 Å². The Morgan fingerprint density at radius 3 is 2.59 bits per heavy atom. The van der Waals surface area contributed by atoms with Crippen molar-refractivity contribution in [3.63, 3.8) is 0 Å². The van der Waals surface area contributed by atoms with Crippen LogP contribution in [-0.2, 0) is 15.1 Å². The number of para-hydroxylation sites is 2. The first-order valence-electron chi connectivity index (χ1n) is 13.5. The van der Waals surface area contributed by atoms with E-state index in [1.807, 2.05) is 30.3 Å². The van der Waals surface area contributed by atoms with Gasteiger partial charge in [-0.1, -0.05) is 30.3 Å². The molecule has 3 aromatic carbocycles. The number of amides is 2. The summed E-state index contributed by atoms with van der Waals surface area (Å²) in [4.78, 5) is 62.1. The third kappa shape index (κ3) is 2.76. The molecule has 11 heteroatoms. The number of nitrogens with zero attached hydrogens (tertiary/aromatic N) is 5. The number of non-ortho nitro benzene ring substituents is 1. The average Bonchev–Trinajstić information content (AvgIpc) is 3.70. The predicted octanol–water partition coefficient (Wildman–Crippen LogP) is 3.14. The SMILES string of the molecule is COc1cc([N+](=O)[O-])ccc1N1C(=O)[C@H]2[C@@H](C1=O)[C@@]1(c3ccccc3-n3c1nc1ccccc1c3=O)N1CCC[C@@H]21. The molecule has 3 fully saturated rings. The highest BCUT2D eigenvalue weighted by molar-refractivity contribution is 6.24. The van der Waals surface area contributed by atoms with Gasteiger partial charge in [0.05, 0.1) is 52.2 Å². The maximum atomic E-state index is 14.6. The summed E-state index contributed by atoms with van der Waals surface area (Å²) in [6.07, 6.45) is 1.55. The lowest BCUT2D eigenvalue weighted by molar-refractivity contribution is -0.384. The van der Waals surface area contributed by atoms with Gasteiger partial charge >= 0.3 is 0 Å². The first-order chi connectivity index (χ1) is 19.9. The minimum absolute atomic E-state index is 0.0609. The number of hydrogen-bond donors (Lipinski definition) is 0. The molecule has 4 aliphatic rings. The van der Waals surface area contributed by atoms with Crippen LogP contribution in [0.5, 0.6) is 5.75 Å². The van der Waals surface area contributed by atoms with Crippen LogP contribution in [0.25, 0.3) is 16.6 Å². The molecular weight excluding hydrogens is 526 g/mol. The molecular formula is C30H23N5O6. The summed E-state index contributed by atoms with van der Waals surface area (Å²) in [5, 5.41) is 11.9. The van der Waals surface area contributed by atoms with E-state index in [0.29, 0.717) is 35.4 Å². The van der Waals surface area contributed by atoms with Crippen molar-refractivity contribution in [2.45, 2.75) is 24.4 Å². The molecule has 3 saturated heterocycles. The third-order valence-electron chi connectivity index (χ3n) is 9.26. The number of benzene rings is 3. The van der Waals surface area contributed by atoms with E-state index in [1.165, 1.54) is 25.3 Å². The lowest BCUT2D eigenvalue weighted by Gasteiger charge is -2.38. The number of nitro groups is 1. The molecule has 2 amide bonds. The van der Waals surface area contributed by atoms with Gasteiger partial charge in [0.1, 0.15) is 17.1 Å². The molecule has 41 heavy (non-hydrogen) atoms. The van der Waals surface area contributed by atoms with Crippen molar-refractivity contribution in [1.82, 2.24) is 14.5 Å². The van der Waals surface area contributed by atoms with Crippen LogP contribution in [0.1, 0.15) is 24.2 Å². The quantitative estimate of drug-likeness (QED) is 0.217. The van der Waals surface area contributed by atoms with Gasteiger partial charge in [-0.05, 0) is 43.7 Å². The number of hydrogen-bond acceptors (Lipinski definition) is 8. The zero-order valence-corrected chi connectivity index (χ0v) is 21.9. The van der Waals surface area contributed by atoms with Crippen LogP contribution >= 0.6 is 0 Å². The van der Waals surface area contributed by atoms with Gasteiger partial charge in [-0.25, -0.2) is 9.88 Å². The fraction of sp³-hybridized carbons (Fsp3) is 0.267. The van der Waals surface area contributed by atoms with Crippen molar-refractivity contribution >= 4 is 34.1 Å². The third-order valence-corrected chi connectivity index (χ3v) is 9.26. The monoisotopic (exact) mass is 549 g/mol. The van der Waals surface area contributed by atoms with Crippen LogP contribution in [0.3, 0.4) is 0 Å². The lowest BCUT2D eigenvalue weighted by Crippen LogP contribution is -2.51. The van der Waals surface area contributed by atoms with E-state index >= 15 is 0 Å². The van der Waals surface area contributed by atoms with Gasteiger partial charge in [-0.2, -0.15) is 0 Å². The number of fused-ring (bicyclic) bond motifs is 11. The fourth-order valence-corrected chi connectivity index (χ4v) is 7.82. The number of carbonyl (C=O) groups is 2. The number of methoxy groups -OCH3 is 1. The summed E-state index contributed by atoms with van der Waals surface area (Å²) in [5.41, 5.74) is 0.554. The van der Waals surface area contributed by atoms with Crippen molar-refractivity contribution in [3.05, 3.63) is 98.6 Å². The van der Waals surface area contributed by atoms with Crippen LogP contribution in [0.2, 0.25) is 0 Å². The summed E-state index contributed by atoms with van der Waals surface area (Å²) >= 11 is 0. The first-order valence-corrected chi connectivity index (χ1v) is 13.5. The molecule has 0 N–H and O–H groups in total. The molecule has 4 aromatic rings. The van der Waals surface area contributed by atoms with Gasteiger partial charge in [0.2, 0.25) is 11.8 Å². The maximum absolute atomic E-state index is 14.6. The smallest absolute Gasteiger partial charge is 0.273 e. The van der Waals surface area contributed by atoms with Crippen molar-refractivity contribution in [2.75, 3.05) is 18.6 Å². The molecule has 0 saturated carbocycles. The van der Waals surface area contributed by atoms with E-state index in [0.717, 1.165) is 16.9 Å². The Morgan fingerprint density at radius 1 is 1.00 bits per heavy atom. The molecule has 204 valence electrons. The number of imide groups is 1. The van der Waals surface area contributed by atoms with E-state index in [-0.39, 0.29) is 34.6 Å². The number of anilines is 1. The minimum atomic E-state index is -1.14. The summed E-state index contributed by atoms with van der Waals surface area (Å²) in [5.74, 6) is -1.85. The van der Waals surface area contributed by atoms with Crippen molar-refractivity contribution in [1.29, 1.82) is 0 Å². The van der Waals surface area contributed by atoms with Gasteiger partial charge in [0.25, 0.3) is 11.2 Å². The topological polar surface area (TPSA) is 128 Å². The van der Waals surface area contributed by atoms with E-state index in [4.69, 9.17) is 9.72 Å². The van der Waals surface area contributed by atoms with Crippen LogP contribution < -0.4 is 15.2 Å². The number of carbonyl (C=O) groups excluding carboxylic acids is 2. The molecule has 1 spiro atoms. The van der Waals surface area contributed by atoms with Crippen LogP contribution in [-0.4, -0.2) is 50.9 Å². The van der Waals surface area contributed by atoms with E-state index in [9.17, 15) is 24.5 Å². The Labute approximate surface area is 232 Å². The Hall–Kier alpha value is -4.90. The van der Waals surface area contributed by atoms with E-state index in [2.05, 4.69) is 4.90 Å². The van der Waals surface area contributed by atoms with Crippen molar-refractivity contribution < 1.29 is 19.2 Å². The highest BCUT2D eigenvalue weighted by Crippen LogP contribution is 2.62. The second-order valence-electron chi connectivity index (χ2n) is 10.9. The lowest BCUT2D eigenvalue weighted by atomic mass is 9.75. The van der Waals surface area contributed by atoms with E-state index in [1.54, 1.807) is 22.8 Å². The van der Waals surface area contributed by atoms with Crippen LogP contribution in [0, 0.1) is 22.0 Å². The molecule has 11 nitrogen and oxygen atoms in total. The molecule has 0 aliphatic carbocycles. The van der Waals surface area contributed by atoms with Crippen LogP contribution in [0.4, 0.5) is 11.4 Å². The normalized spacial score (nSPS) is 26.0. The molecule has 0 unspecified atom stereocenters. The zero-order valence-electron chi connectivity index (χ0n) is 21.9. The standard InChI is InChI=1S/C30H23N5O6/c1-41-23-15-16(35(39)40)12-13-21(23)33-27(37)24-22-11-6-14-32(22)30(25(24)28(33)38)18-8-3-5-10-20(18)34-26(36)17-7-2-4-9-19(17)31-29(30)34/h2-5,7-10,12-13,15,22,24-25H,6,11,14H2,1H3/t22-,24+,25-,30+/m0/s1. The van der Waals surface area contributed by atoms with Crippen LogP contribution in [0.15, 0.2) is 71.5 Å². The molecule has 4 atom stereocenters. The predicted molar refractivity (Wildman–Crippen MR) is 147 cm³/mol. The average molecular weight is 550 g/mol. The second-order valence-corrected chi connectivity index (χ2v) is 10.9. The fourth-order valence-electron chi connectivity index (χ4n) is 7.82. The molecule has 0 radical (unpaired) electrons.